The molecule has 6 rings (SSSR count). The Kier molecular flexibility index (Phi) is 7.22. The Morgan fingerprint density at radius 1 is 1.00 bits per heavy atom. The van der Waals surface area contributed by atoms with Gasteiger partial charge < -0.3 is 13.9 Å². The number of hydrogen-bond donors (Lipinski definition) is 0. The van der Waals surface area contributed by atoms with Crippen LogP contribution in [-0.4, -0.2) is 22.5 Å². The minimum atomic E-state index is -0.375. The van der Waals surface area contributed by atoms with Crippen LogP contribution in [0.4, 0.5) is 4.39 Å². The Bertz CT molecular complexity index is 1950. The summed E-state index contributed by atoms with van der Waals surface area (Å²) in [7, 11) is 0. The van der Waals surface area contributed by atoms with Crippen LogP contribution in [0.3, 0.4) is 0 Å². The SMILES string of the molecule is CCOc1cc(C=Nn2c(-c3cc4ccccc4o3)nc3ccccc3c2=O)cc(Cl)c1OCc1ccccc1F. The number of ether oxygens (including phenoxy) is 2. The molecule has 0 aliphatic heterocycles. The quantitative estimate of drug-likeness (QED) is 0.178. The van der Waals surface area contributed by atoms with Crippen molar-refractivity contribution in [1.82, 2.24) is 9.66 Å². The minimum Gasteiger partial charge on any atom is -0.490 e. The van der Waals surface area contributed by atoms with E-state index in [1.54, 1.807) is 48.5 Å². The van der Waals surface area contributed by atoms with Crippen molar-refractivity contribution in [2.75, 3.05) is 6.61 Å². The van der Waals surface area contributed by atoms with Crippen LogP contribution in [-0.2, 0) is 6.61 Å². The molecule has 4 aromatic carbocycles. The van der Waals surface area contributed by atoms with E-state index in [4.69, 9.17) is 30.5 Å². The summed E-state index contributed by atoms with van der Waals surface area (Å²) in [5.41, 5.74) is 1.77. The van der Waals surface area contributed by atoms with E-state index in [1.807, 2.05) is 43.3 Å². The number of aromatic nitrogens is 2. The van der Waals surface area contributed by atoms with E-state index in [1.165, 1.54) is 17.0 Å². The Hall–Kier alpha value is -4.95. The highest BCUT2D eigenvalue weighted by molar-refractivity contribution is 6.32. The smallest absolute Gasteiger partial charge is 0.282 e. The Balaban J connectivity index is 1.40. The van der Waals surface area contributed by atoms with Crippen molar-refractivity contribution in [3.05, 3.63) is 123 Å². The summed E-state index contributed by atoms with van der Waals surface area (Å²) in [5, 5.41) is 6.03. The van der Waals surface area contributed by atoms with E-state index >= 15 is 0 Å². The number of para-hydroxylation sites is 2. The fourth-order valence-corrected chi connectivity index (χ4v) is 4.71. The first-order chi connectivity index (χ1) is 20.0. The van der Waals surface area contributed by atoms with Crippen LogP contribution in [0.15, 0.2) is 105 Å². The monoisotopic (exact) mass is 567 g/mol. The van der Waals surface area contributed by atoms with Crippen molar-refractivity contribution in [1.29, 1.82) is 0 Å². The molecule has 0 aliphatic rings. The van der Waals surface area contributed by atoms with E-state index in [2.05, 4.69) is 5.10 Å². The molecule has 0 saturated carbocycles. The topological polar surface area (TPSA) is 78.9 Å². The molecular formula is C32H23ClFN3O4. The van der Waals surface area contributed by atoms with Crippen LogP contribution in [0.5, 0.6) is 11.5 Å². The van der Waals surface area contributed by atoms with Crippen LogP contribution < -0.4 is 15.0 Å². The molecule has 6 aromatic rings. The molecule has 0 saturated heterocycles. The first-order valence-electron chi connectivity index (χ1n) is 12.9. The van der Waals surface area contributed by atoms with E-state index in [0.29, 0.717) is 45.7 Å². The predicted molar refractivity (Wildman–Crippen MR) is 158 cm³/mol. The molecule has 0 aliphatic carbocycles. The van der Waals surface area contributed by atoms with Crippen LogP contribution in [0.2, 0.25) is 5.02 Å². The van der Waals surface area contributed by atoms with E-state index in [0.717, 1.165) is 5.39 Å². The maximum atomic E-state index is 14.1. The van der Waals surface area contributed by atoms with Gasteiger partial charge in [-0.3, -0.25) is 4.79 Å². The molecule has 0 atom stereocenters. The average Bonchev–Trinajstić information content (AvgIpc) is 3.41. The molecule has 9 heteroatoms. The third kappa shape index (κ3) is 5.29. The molecule has 2 aromatic heterocycles. The Labute approximate surface area is 239 Å². The first-order valence-corrected chi connectivity index (χ1v) is 13.3. The predicted octanol–water partition coefficient (Wildman–Crippen LogP) is 7.46. The van der Waals surface area contributed by atoms with Crippen molar-refractivity contribution in [3.63, 3.8) is 0 Å². The number of furan rings is 1. The summed E-state index contributed by atoms with van der Waals surface area (Å²) < 4.78 is 33.0. The standard InChI is InChI=1S/C32H23ClFN3O4/c1-2-39-28-16-20(15-24(33)30(28)40-19-22-10-3-6-12-25(22)34)18-35-37-31(29-17-21-9-4-8-14-27(21)41-29)36-26-13-7-5-11-23(26)32(37)38/h3-18H,2,19H2,1H3. The van der Waals surface area contributed by atoms with Crippen LogP contribution in [0.1, 0.15) is 18.1 Å². The highest BCUT2D eigenvalue weighted by Crippen LogP contribution is 2.37. The largest absolute Gasteiger partial charge is 0.490 e. The third-order valence-corrected chi connectivity index (χ3v) is 6.66. The fraction of sp³-hybridized carbons (Fsp3) is 0.0938. The zero-order valence-electron chi connectivity index (χ0n) is 21.9. The first kappa shape index (κ1) is 26.3. The fourth-order valence-electron chi connectivity index (χ4n) is 4.44. The van der Waals surface area contributed by atoms with Gasteiger partial charge in [0.25, 0.3) is 5.56 Å². The minimum absolute atomic E-state index is 0.0289. The lowest BCUT2D eigenvalue weighted by Gasteiger charge is -2.15. The van der Waals surface area contributed by atoms with E-state index in [-0.39, 0.29) is 34.6 Å². The zero-order valence-corrected chi connectivity index (χ0v) is 22.6. The second-order valence-electron chi connectivity index (χ2n) is 9.11. The third-order valence-electron chi connectivity index (χ3n) is 6.38. The second kappa shape index (κ2) is 11.3. The summed E-state index contributed by atoms with van der Waals surface area (Å²) in [6.07, 6.45) is 1.49. The summed E-state index contributed by atoms with van der Waals surface area (Å²) in [5.74, 6) is 0.916. The Morgan fingerprint density at radius 3 is 2.61 bits per heavy atom. The van der Waals surface area contributed by atoms with Gasteiger partial charge in [-0.25, -0.2) is 9.37 Å². The van der Waals surface area contributed by atoms with Crippen LogP contribution >= 0.6 is 11.6 Å². The van der Waals surface area contributed by atoms with Gasteiger partial charge in [0, 0.05) is 10.9 Å². The summed E-state index contributed by atoms with van der Waals surface area (Å²) >= 11 is 6.58. The van der Waals surface area contributed by atoms with Crippen molar-refractivity contribution in [2.45, 2.75) is 13.5 Å². The van der Waals surface area contributed by atoms with Crippen molar-refractivity contribution >= 4 is 39.7 Å². The lowest BCUT2D eigenvalue weighted by atomic mass is 10.2. The van der Waals surface area contributed by atoms with Gasteiger partial charge in [0.15, 0.2) is 17.3 Å². The van der Waals surface area contributed by atoms with Gasteiger partial charge in [-0.2, -0.15) is 9.78 Å². The lowest BCUT2D eigenvalue weighted by molar-refractivity contribution is 0.266. The maximum Gasteiger partial charge on any atom is 0.282 e. The number of nitrogens with zero attached hydrogens (tertiary/aromatic N) is 3. The zero-order chi connectivity index (χ0) is 28.3. The van der Waals surface area contributed by atoms with E-state index < -0.39 is 0 Å². The normalized spacial score (nSPS) is 11.5. The number of halogens is 2. The average molecular weight is 568 g/mol. The molecule has 204 valence electrons. The van der Waals surface area contributed by atoms with Gasteiger partial charge in [-0.05, 0) is 55.0 Å². The number of rotatable bonds is 8. The maximum absolute atomic E-state index is 14.1. The molecule has 41 heavy (non-hydrogen) atoms. The molecule has 0 spiro atoms. The van der Waals surface area contributed by atoms with Gasteiger partial charge in [0.1, 0.15) is 18.0 Å². The van der Waals surface area contributed by atoms with Gasteiger partial charge in [-0.1, -0.05) is 60.1 Å². The van der Waals surface area contributed by atoms with Crippen LogP contribution in [0.25, 0.3) is 33.5 Å². The van der Waals surface area contributed by atoms with Crippen LogP contribution in [0, 0.1) is 5.82 Å². The molecule has 2 heterocycles. The summed E-state index contributed by atoms with van der Waals surface area (Å²) in [6, 6.07) is 26.1. The van der Waals surface area contributed by atoms with E-state index in [9.17, 15) is 9.18 Å². The second-order valence-corrected chi connectivity index (χ2v) is 9.51. The number of benzene rings is 4. The van der Waals surface area contributed by atoms with Gasteiger partial charge in [0.2, 0.25) is 5.82 Å². The van der Waals surface area contributed by atoms with Gasteiger partial charge in [-0.15, -0.1) is 0 Å². The lowest BCUT2D eigenvalue weighted by Crippen LogP contribution is -2.20. The van der Waals surface area contributed by atoms with Gasteiger partial charge >= 0.3 is 0 Å². The summed E-state index contributed by atoms with van der Waals surface area (Å²) in [4.78, 5) is 18.3. The van der Waals surface area contributed by atoms with Crippen molar-refractivity contribution < 1.29 is 18.3 Å². The highest BCUT2D eigenvalue weighted by atomic mass is 35.5. The van der Waals surface area contributed by atoms with Crippen molar-refractivity contribution in [3.8, 4) is 23.1 Å². The molecule has 0 bridgehead atoms. The Morgan fingerprint density at radius 2 is 1.78 bits per heavy atom. The number of fused-ring (bicyclic) bond motifs is 2. The summed E-state index contributed by atoms with van der Waals surface area (Å²) in [6.45, 7) is 2.14. The molecule has 0 amide bonds. The number of hydrogen-bond acceptors (Lipinski definition) is 6. The molecular weight excluding hydrogens is 545 g/mol. The molecule has 7 nitrogen and oxygen atoms in total. The highest BCUT2D eigenvalue weighted by Gasteiger charge is 2.17. The molecule has 0 fully saturated rings. The molecule has 0 radical (unpaired) electrons. The van der Waals surface area contributed by atoms with Crippen molar-refractivity contribution in [2.24, 2.45) is 5.10 Å². The molecule has 0 N–H and O–H groups in total. The molecule has 0 unspecified atom stereocenters. The van der Waals surface area contributed by atoms with Gasteiger partial charge in [0.05, 0.1) is 28.7 Å².